The third-order valence-corrected chi connectivity index (χ3v) is 6.16. The van der Waals surface area contributed by atoms with Crippen LogP contribution in [0.25, 0.3) is 0 Å². The molecule has 1 aliphatic carbocycles. The highest BCUT2D eigenvalue weighted by atomic mass is 32.2. The van der Waals surface area contributed by atoms with E-state index in [4.69, 9.17) is 0 Å². The van der Waals surface area contributed by atoms with Crippen molar-refractivity contribution in [1.29, 1.82) is 0 Å². The van der Waals surface area contributed by atoms with Gasteiger partial charge in [0.25, 0.3) is 0 Å². The fourth-order valence-corrected chi connectivity index (χ4v) is 4.96. The van der Waals surface area contributed by atoms with E-state index >= 15 is 0 Å². The largest absolute Gasteiger partial charge is 0.481 e. The zero-order chi connectivity index (χ0) is 15.9. The minimum Gasteiger partial charge on any atom is -0.481 e. The van der Waals surface area contributed by atoms with Crippen molar-refractivity contribution in [2.75, 3.05) is 0 Å². The second kappa shape index (κ2) is 5.21. The normalized spacial score (nSPS) is 24.0. The van der Waals surface area contributed by atoms with E-state index in [0.29, 0.717) is 5.56 Å². The van der Waals surface area contributed by atoms with E-state index in [-0.39, 0.29) is 4.90 Å². The lowest BCUT2D eigenvalue weighted by Crippen LogP contribution is -2.13. The molecule has 1 aliphatic rings. The average molecular weight is 320 g/mol. The van der Waals surface area contributed by atoms with E-state index < -0.39 is 38.7 Å². The van der Waals surface area contributed by atoms with Gasteiger partial charge in [0.15, 0.2) is 9.84 Å². The van der Waals surface area contributed by atoms with Crippen molar-refractivity contribution in [2.45, 2.75) is 16.1 Å². The number of halogens is 1. The molecule has 0 spiro atoms. The molecule has 3 rings (SSSR count). The first-order chi connectivity index (χ1) is 10.4. The first-order valence-corrected chi connectivity index (χ1v) is 8.25. The summed E-state index contributed by atoms with van der Waals surface area (Å²) in [5.74, 6) is -3.25. The molecule has 1 fully saturated rings. The number of rotatable bonds is 4. The number of aliphatic carboxylic acids is 1. The molecule has 1 N–H and O–H groups in total. The zero-order valence-corrected chi connectivity index (χ0v) is 12.2. The Labute approximate surface area is 127 Å². The number of hydrogen-bond donors (Lipinski definition) is 1. The third kappa shape index (κ3) is 2.39. The fourth-order valence-electron chi connectivity index (χ4n) is 2.81. The summed E-state index contributed by atoms with van der Waals surface area (Å²) in [6, 6.07) is 13.1. The molecular formula is C16H13FO4S. The molecule has 4 nitrogen and oxygen atoms in total. The van der Waals surface area contributed by atoms with Crippen LogP contribution in [0.3, 0.4) is 0 Å². The van der Waals surface area contributed by atoms with Crippen LogP contribution in [-0.4, -0.2) is 24.7 Å². The summed E-state index contributed by atoms with van der Waals surface area (Å²) < 4.78 is 38.2. The maximum Gasteiger partial charge on any atom is 0.308 e. The van der Waals surface area contributed by atoms with Crippen molar-refractivity contribution in [3.8, 4) is 0 Å². The minimum atomic E-state index is -3.74. The van der Waals surface area contributed by atoms with Crippen LogP contribution in [0.15, 0.2) is 59.5 Å². The maximum atomic E-state index is 13.0. The van der Waals surface area contributed by atoms with E-state index in [1.54, 1.807) is 18.2 Å². The molecule has 0 aromatic heterocycles. The molecule has 114 valence electrons. The Morgan fingerprint density at radius 2 is 1.59 bits per heavy atom. The topological polar surface area (TPSA) is 71.4 Å². The zero-order valence-electron chi connectivity index (χ0n) is 11.4. The van der Waals surface area contributed by atoms with Gasteiger partial charge in [0.05, 0.1) is 16.1 Å². The maximum absolute atomic E-state index is 13.0. The Morgan fingerprint density at radius 3 is 2.14 bits per heavy atom. The van der Waals surface area contributed by atoms with Crippen molar-refractivity contribution in [2.24, 2.45) is 5.92 Å². The Kier molecular flexibility index (Phi) is 3.48. The van der Waals surface area contributed by atoms with Gasteiger partial charge >= 0.3 is 5.97 Å². The minimum absolute atomic E-state index is 0.107. The lowest BCUT2D eigenvalue weighted by Gasteiger charge is -2.03. The summed E-state index contributed by atoms with van der Waals surface area (Å²) >= 11 is 0. The van der Waals surface area contributed by atoms with Gasteiger partial charge in [0.1, 0.15) is 5.82 Å². The molecular weight excluding hydrogens is 307 g/mol. The molecule has 6 heteroatoms. The fraction of sp³-hybridized carbons (Fsp3) is 0.188. The van der Waals surface area contributed by atoms with Gasteiger partial charge in [-0.3, -0.25) is 4.79 Å². The number of hydrogen-bond acceptors (Lipinski definition) is 3. The molecule has 1 saturated carbocycles. The standard InChI is InChI=1S/C16H13FO4S/c17-11-8-6-10(7-9-11)13-14(16(18)19)15(13)22(20,21)12-4-2-1-3-5-12/h1-9,13-15H,(H,18,19)/t13-,14-,15-/m1/s1. The van der Waals surface area contributed by atoms with Gasteiger partial charge in [-0.2, -0.15) is 0 Å². The average Bonchev–Trinajstić information content (AvgIpc) is 3.25. The van der Waals surface area contributed by atoms with Crippen LogP contribution in [-0.2, 0) is 14.6 Å². The van der Waals surface area contributed by atoms with Gasteiger partial charge in [-0.15, -0.1) is 0 Å². The van der Waals surface area contributed by atoms with E-state index in [0.717, 1.165) is 0 Å². The highest BCUT2D eigenvalue weighted by Gasteiger charge is 2.63. The Morgan fingerprint density at radius 1 is 1.00 bits per heavy atom. The summed E-state index contributed by atoms with van der Waals surface area (Å²) in [5, 5.41) is 8.27. The summed E-state index contributed by atoms with van der Waals surface area (Å²) in [6.45, 7) is 0. The van der Waals surface area contributed by atoms with Crippen LogP contribution in [0.5, 0.6) is 0 Å². The number of benzene rings is 2. The van der Waals surface area contributed by atoms with Gasteiger partial charge in [-0.05, 0) is 29.8 Å². The smallest absolute Gasteiger partial charge is 0.308 e. The molecule has 0 heterocycles. The first kappa shape index (κ1) is 14.7. The van der Waals surface area contributed by atoms with Gasteiger partial charge in [0, 0.05) is 5.92 Å². The van der Waals surface area contributed by atoms with E-state index in [9.17, 15) is 22.7 Å². The van der Waals surface area contributed by atoms with Gasteiger partial charge < -0.3 is 5.11 Å². The monoisotopic (exact) mass is 320 g/mol. The van der Waals surface area contributed by atoms with Crippen molar-refractivity contribution < 1.29 is 22.7 Å². The summed E-state index contributed by atoms with van der Waals surface area (Å²) in [6.07, 6.45) is 0. The summed E-state index contributed by atoms with van der Waals surface area (Å²) in [5.41, 5.74) is 0.526. The quantitative estimate of drug-likeness (QED) is 0.939. The van der Waals surface area contributed by atoms with Crippen LogP contribution in [0, 0.1) is 11.7 Å². The molecule has 0 saturated heterocycles. The van der Waals surface area contributed by atoms with Gasteiger partial charge in [0.2, 0.25) is 0 Å². The first-order valence-electron chi connectivity index (χ1n) is 6.70. The van der Waals surface area contributed by atoms with Gasteiger partial charge in [-0.25, -0.2) is 12.8 Å². The van der Waals surface area contributed by atoms with Crippen molar-refractivity contribution >= 4 is 15.8 Å². The predicted octanol–water partition coefficient (Wildman–Crippen LogP) is 2.47. The van der Waals surface area contributed by atoms with Gasteiger partial charge in [-0.1, -0.05) is 30.3 Å². The molecule has 0 aliphatic heterocycles. The van der Waals surface area contributed by atoms with Crippen molar-refractivity contribution in [3.63, 3.8) is 0 Å². The Bertz CT molecular complexity index is 800. The summed E-state index contributed by atoms with van der Waals surface area (Å²) in [7, 11) is -3.74. The number of carbonyl (C=O) groups is 1. The molecule has 0 unspecified atom stereocenters. The van der Waals surface area contributed by atoms with Crippen LogP contribution in [0.2, 0.25) is 0 Å². The SMILES string of the molecule is O=C(O)[C@@H]1[C@@H](c2ccc(F)cc2)[C@H]1S(=O)(=O)c1ccccc1. The third-order valence-electron chi connectivity index (χ3n) is 3.92. The summed E-state index contributed by atoms with van der Waals surface area (Å²) in [4.78, 5) is 11.5. The Hall–Kier alpha value is -2.21. The predicted molar refractivity (Wildman–Crippen MR) is 77.7 cm³/mol. The Balaban J connectivity index is 1.99. The van der Waals surface area contributed by atoms with Crippen LogP contribution in [0.1, 0.15) is 11.5 Å². The highest BCUT2D eigenvalue weighted by molar-refractivity contribution is 7.92. The molecule has 2 aromatic carbocycles. The number of carboxylic acid groups (broad SMARTS) is 1. The molecule has 0 amide bonds. The molecule has 0 radical (unpaired) electrons. The second-order valence-electron chi connectivity index (χ2n) is 5.26. The van der Waals surface area contributed by atoms with E-state index in [1.807, 2.05) is 0 Å². The van der Waals surface area contributed by atoms with Crippen molar-refractivity contribution in [3.05, 3.63) is 66.0 Å². The highest BCUT2D eigenvalue weighted by Crippen LogP contribution is 2.54. The number of sulfone groups is 1. The molecule has 22 heavy (non-hydrogen) atoms. The van der Waals surface area contributed by atoms with Crippen LogP contribution < -0.4 is 0 Å². The van der Waals surface area contributed by atoms with Crippen LogP contribution in [0.4, 0.5) is 4.39 Å². The number of carboxylic acids is 1. The molecule has 3 atom stereocenters. The van der Waals surface area contributed by atoms with E-state index in [1.165, 1.54) is 36.4 Å². The lowest BCUT2D eigenvalue weighted by molar-refractivity contribution is -0.138. The molecule has 0 bridgehead atoms. The lowest BCUT2D eigenvalue weighted by atomic mass is 10.1. The van der Waals surface area contributed by atoms with Crippen LogP contribution >= 0.6 is 0 Å². The van der Waals surface area contributed by atoms with E-state index in [2.05, 4.69) is 0 Å². The van der Waals surface area contributed by atoms with Crippen molar-refractivity contribution in [1.82, 2.24) is 0 Å². The molecule has 2 aromatic rings. The second-order valence-corrected chi connectivity index (χ2v) is 7.37.